The highest BCUT2D eigenvalue weighted by molar-refractivity contribution is 6.07. The van der Waals surface area contributed by atoms with E-state index in [0.29, 0.717) is 17.1 Å². The van der Waals surface area contributed by atoms with E-state index in [1.807, 2.05) is 0 Å². The number of hydrogen-bond acceptors (Lipinski definition) is 5. The van der Waals surface area contributed by atoms with E-state index in [1.165, 1.54) is 12.4 Å². The summed E-state index contributed by atoms with van der Waals surface area (Å²) in [6, 6.07) is 3.29. The number of amides is 1. The fourth-order valence-electron chi connectivity index (χ4n) is 1.39. The van der Waals surface area contributed by atoms with Gasteiger partial charge in [0.2, 0.25) is 0 Å². The average molecular weight is 232 g/mol. The van der Waals surface area contributed by atoms with E-state index < -0.39 is 0 Å². The van der Waals surface area contributed by atoms with Gasteiger partial charge in [-0.3, -0.25) is 20.3 Å². The third-order valence-electron chi connectivity index (χ3n) is 2.28. The van der Waals surface area contributed by atoms with Crippen LogP contribution in [-0.4, -0.2) is 20.7 Å². The van der Waals surface area contributed by atoms with Crippen molar-refractivity contribution < 1.29 is 4.79 Å². The maximum atomic E-state index is 12.0. The van der Waals surface area contributed by atoms with Crippen molar-refractivity contribution in [1.29, 1.82) is 0 Å². The molecule has 2 aromatic rings. The number of nitrogens with one attached hydrogen (secondary N) is 2. The Morgan fingerprint density at radius 3 is 2.88 bits per heavy atom. The summed E-state index contributed by atoms with van der Waals surface area (Å²) in [6.07, 6.45) is 4.61. The van der Waals surface area contributed by atoms with Crippen LogP contribution < -0.4 is 16.6 Å². The maximum absolute atomic E-state index is 12.0. The molecule has 0 radical (unpaired) electrons. The fraction of sp³-hybridized carbons (Fsp3) is 0.100. The quantitative estimate of drug-likeness (QED) is 0.524. The number of carbonyl (C=O) groups excluding carboxylic acids is 1. The number of rotatable bonds is 3. The molecule has 0 aromatic carbocycles. The molecular weight excluding hydrogens is 220 g/mol. The number of pyridine rings is 1. The van der Waals surface area contributed by atoms with Crippen molar-refractivity contribution in [2.24, 2.45) is 12.9 Å². The fourth-order valence-corrected chi connectivity index (χ4v) is 1.39. The topological polar surface area (TPSA) is 97.9 Å². The number of anilines is 2. The third-order valence-corrected chi connectivity index (χ3v) is 2.28. The van der Waals surface area contributed by atoms with Crippen LogP contribution in [0.25, 0.3) is 0 Å². The van der Waals surface area contributed by atoms with Crippen LogP contribution in [-0.2, 0) is 7.05 Å². The minimum Gasteiger partial charge on any atom is -0.322 e. The van der Waals surface area contributed by atoms with Crippen molar-refractivity contribution in [1.82, 2.24) is 14.8 Å². The zero-order chi connectivity index (χ0) is 12.3. The molecule has 7 nitrogen and oxygen atoms in total. The van der Waals surface area contributed by atoms with Crippen molar-refractivity contribution in [2.75, 3.05) is 10.7 Å². The standard InChI is InChI=1S/C10H12N6O/c1-16-9(3-5-13-16)14-10(17)7-2-4-12-6-8(7)15-11/h2-6,15H,11H2,1H3,(H,14,17). The molecule has 1 amide bonds. The first-order valence-corrected chi connectivity index (χ1v) is 4.92. The molecule has 0 aliphatic carbocycles. The van der Waals surface area contributed by atoms with Gasteiger partial charge in [0.15, 0.2) is 0 Å². The summed E-state index contributed by atoms with van der Waals surface area (Å²) < 4.78 is 1.56. The first-order valence-electron chi connectivity index (χ1n) is 4.92. The van der Waals surface area contributed by atoms with E-state index in [-0.39, 0.29) is 5.91 Å². The number of nitrogen functional groups attached to an aromatic ring is 1. The van der Waals surface area contributed by atoms with Crippen LogP contribution >= 0.6 is 0 Å². The zero-order valence-corrected chi connectivity index (χ0v) is 9.21. The Hall–Kier alpha value is -2.41. The summed E-state index contributed by atoms with van der Waals surface area (Å²) in [5.41, 5.74) is 3.31. The highest BCUT2D eigenvalue weighted by Crippen LogP contribution is 2.14. The van der Waals surface area contributed by atoms with Crippen LogP contribution in [0.2, 0.25) is 0 Å². The minimum absolute atomic E-state index is 0.274. The third kappa shape index (κ3) is 2.23. The van der Waals surface area contributed by atoms with Gasteiger partial charge in [-0.05, 0) is 6.07 Å². The summed E-state index contributed by atoms with van der Waals surface area (Å²) in [4.78, 5) is 15.8. The number of nitrogens with two attached hydrogens (primary N) is 1. The van der Waals surface area contributed by atoms with E-state index in [2.05, 4.69) is 20.8 Å². The maximum Gasteiger partial charge on any atom is 0.259 e. The number of hydrazine groups is 1. The predicted octanol–water partition coefficient (Wildman–Crippen LogP) is 0.353. The molecule has 0 atom stereocenters. The molecule has 0 unspecified atom stereocenters. The van der Waals surface area contributed by atoms with E-state index in [0.717, 1.165) is 0 Å². The smallest absolute Gasteiger partial charge is 0.259 e. The molecular formula is C10H12N6O. The molecule has 4 N–H and O–H groups in total. The van der Waals surface area contributed by atoms with Crippen LogP contribution in [0.15, 0.2) is 30.7 Å². The summed E-state index contributed by atoms with van der Waals surface area (Å²) in [7, 11) is 1.74. The van der Waals surface area contributed by atoms with Gasteiger partial charge in [0.25, 0.3) is 5.91 Å². The number of carbonyl (C=O) groups is 1. The molecule has 0 spiro atoms. The second-order valence-corrected chi connectivity index (χ2v) is 3.36. The van der Waals surface area contributed by atoms with Crippen LogP contribution in [0.5, 0.6) is 0 Å². The lowest BCUT2D eigenvalue weighted by Crippen LogP contribution is -2.18. The lowest BCUT2D eigenvalue weighted by molar-refractivity contribution is 0.102. The zero-order valence-electron chi connectivity index (χ0n) is 9.21. The number of hydrogen-bond donors (Lipinski definition) is 3. The minimum atomic E-state index is -0.274. The second kappa shape index (κ2) is 4.62. The number of nitrogens with zero attached hydrogens (tertiary/aromatic N) is 3. The Morgan fingerprint density at radius 1 is 1.41 bits per heavy atom. The monoisotopic (exact) mass is 232 g/mol. The van der Waals surface area contributed by atoms with Crippen LogP contribution in [0.1, 0.15) is 10.4 Å². The summed E-state index contributed by atoms with van der Waals surface area (Å²) >= 11 is 0. The Bertz CT molecular complexity index is 535. The number of aryl methyl sites for hydroxylation is 1. The molecule has 0 saturated carbocycles. The first kappa shape index (κ1) is 11.1. The average Bonchev–Trinajstić information content (AvgIpc) is 2.75. The van der Waals surface area contributed by atoms with Gasteiger partial charge in [0.05, 0.1) is 23.6 Å². The van der Waals surface area contributed by atoms with Gasteiger partial charge in [-0.2, -0.15) is 5.10 Å². The molecule has 17 heavy (non-hydrogen) atoms. The van der Waals surface area contributed by atoms with Crippen molar-refractivity contribution in [3.8, 4) is 0 Å². The normalized spacial score (nSPS) is 10.0. The second-order valence-electron chi connectivity index (χ2n) is 3.36. The Balaban J connectivity index is 2.23. The first-order chi connectivity index (χ1) is 8.22. The van der Waals surface area contributed by atoms with Crippen molar-refractivity contribution in [2.45, 2.75) is 0 Å². The summed E-state index contributed by atoms with van der Waals surface area (Å²) in [5.74, 6) is 5.64. The van der Waals surface area contributed by atoms with Gasteiger partial charge in [-0.25, -0.2) is 0 Å². The van der Waals surface area contributed by atoms with Crippen LogP contribution in [0.4, 0.5) is 11.5 Å². The Kier molecular flexibility index (Phi) is 3.01. The van der Waals surface area contributed by atoms with Crippen LogP contribution in [0.3, 0.4) is 0 Å². The van der Waals surface area contributed by atoms with Gasteiger partial charge in [-0.15, -0.1) is 0 Å². The SMILES string of the molecule is Cn1nccc1NC(=O)c1ccncc1NN. The van der Waals surface area contributed by atoms with Crippen molar-refractivity contribution in [3.05, 3.63) is 36.3 Å². The van der Waals surface area contributed by atoms with Gasteiger partial charge >= 0.3 is 0 Å². The molecule has 0 bridgehead atoms. The molecule has 7 heteroatoms. The summed E-state index contributed by atoms with van der Waals surface area (Å²) in [6.45, 7) is 0. The van der Waals surface area contributed by atoms with Gasteiger partial charge < -0.3 is 10.7 Å². The molecule has 88 valence electrons. The largest absolute Gasteiger partial charge is 0.322 e. The van der Waals surface area contributed by atoms with Crippen molar-refractivity contribution >= 4 is 17.4 Å². The van der Waals surface area contributed by atoms with Crippen molar-refractivity contribution in [3.63, 3.8) is 0 Å². The molecule has 0 fully saturated rings. The molecule has 2 rings (SSSR count). The van der Waals surface area contributed by atoms with E-state index in [4.69, 9.17) is 5.84 Å². The van der Waals surface area contributed by atoms with Gasteiger partial charge in [0.1, 0.15) is 5.82 Å². The lowest BCUT2D eigenvalue weighted by atomic mass is 10.2. The Morgan fingerprint density at radius 2 is 2.24 bits per heavy atom. The molecule has 2 aromatic heterocycles. The lowest BCUT2D eigenvalue weighted by Gasteiger charge is -2.08. The van der Waals surface area contributed by atoms with E-state index >= 15 is 0 Å². The van der Waals surface area contributed by atoms with E-state index in [9.17, 15) is 4.79 Å². The Labute approximate surface area is 97.6 Å². The number of aromatic nitrogens is 3. The van der Waals surface area contributed by atoms with Gasteiger partial charge in [-0.1, -0.05) is 0 Å². The highest BCUT2D eigenvalue weighted by Gasteiger charge is 2.12. The molecule has 0 aliphatic rings. The predicted molar refractivity (Wildman–Crippen MR) is 63.2 cm³/mol. The van der Waals surface area contributed by atoms with E-state index in [1.54, 1.807) is 30.1 Å². The van der Waals surface area contributed by atoms with Crippen LogP contribution in [0, 0.1) is 0 Å². The molecule has 2 heterocycles. The molecule has 0 saturated heterocycles. The van der Waals surface area contributed by atoms with Gasteiger partial charge in [0, 0.05) is 19.3 Å². The summed E-state index contributed by atoms with van der Waals surface area (Å²) in [5, 5.41) is 6.67. The highest BCUT2D eigenvalue weighted by atomic mass is 16.1. The molecule has 0 aliphatic heterocycles.